The van der Waals surface area contributed by atoms with Crippen LogP contribution in [-0.4, -0.2) is 84.3 Å². The van der Waals surface area contributed by atoms with Crippen molar-refractivity contribution in [1.29, 1.82) is 0 Å². The van der Waals surface area contributed by atoms with Crippen LogP contribution in [0, 0.1) is 5.92 Å². The highest BCUT2D eigenvalue weighted by atomic mass is 33.1. The molecule has 0 aliphatic heterocycles. The number of rotatable bonds is 25. The zero-order chi connectivity index (χ0) is 43.7. The minimum Gasteiger partial charge on any atom is -0.481 e. The van der Waals surface area contributed by atoms with E-state index >= 15 is 0 Å². The minimum absolute atomic E-state index is 0.00989. The Hall–Kier alpha value is -4.26. The Bertz CT molecular complexity index is 1960. The molecule has 0 bridgehead atoms. The largest absolute Gasteiger partial charge is 0.524 e. The molecule has 0 aliphatic carbocycles. The lowest BCUT2D eigenvalue weighted by Crippen LogP contribution is -2.39. The van der Waals surface area contributed by atoms with Crippen LogP contribution in [0.15, 0.2) is 65.2 Å². The highest BCUT2D eigenvalue weighted by Crippen LogP contribution is 2.41. The molecule has 3 amide bonds. The van der Waals surface area contributed by atoms with Crippen LogP contribution in [0.5, 0.6) is 5.75 Å². The van der Waals surface area contributed by atoms with Crippen molar-refractivity contribution in [3.8, 4) is 5.75 Å². The summed E-state index contributed by atoms with van der Waals surface area (Å²) in [5.41, 5.74) is 1.13. The number of benzene rings is 1. The maximum atomic E-state index is 13.7. The Kier molecular flexibility index (Phi) is 20.1. The standard InChI is InChI=1S/C39H52N5O11PS3/c1-7-8-14-36(47)44(6)31(24(2)3)22-33(54-26(5)45)38-43-30(23-57-38)37(48)41-28(19-25(4)39(49)50)20-27-15-16-32(55-56(51,52)53)29(21-27)42-34(46)12-11-18-58-59-35-13-9-10-17-40-35/h9-10,13,15-17,21,23,25,28,31,33H,2,7-8,11-12,14,18-20,22H2,1,3-6H3,(H,41,48)(H,42,46)(H,49,50)(H2,51,52,53)/t25?,28-,31-,33-/m1/s1. The first kappa shape index (κ1) is 49.1. The molecule has 1 unspecified atom stereocenters. The van der Waals surface area contributed by atoms with Gasteiger partial charge in [0.2, 0.25) is 11.8 Å². The number of anilines is 1. The van der Waals surface area contributed by atoms with E-state index in [0.717, 1.165) is 29.2 Å². The summed E-state index contributed by atoms with van der Waals surface area (Å²) in [4.78, 5) is 93.0. The van der Waals surface area contributed by atoms with Crippen LogP contribution in [0.25, 0.3) is 0 Å². The molecule has 5 N–H and O–H groups in total. The van der Waals surface area contributed by atoms with Crippen molar-refractivity contribution < 1.29 is 52.7 Å². The molecule has 3 rings (SSSR count). The summed E-state index contributed by atoms with van der Waals surface area (Å²) in [6.07, 6.45) is 3.49. The monoisotopic (exact) mass is 893 g/mol. The van der Waals surface area contributed by atoms with Crippen molar-refractivity contribution in [1.82, 2.24) is 20.2 Å². The number of hydrogen-bond donors (Lipinski definition) is 5. The number of carbonyl (C=O) groups excluding carboxylic acids is 4. The summed E-state index contributed by atoms with van der Waals surface area (Å²) in [5.74, 6) is -3.36. The van der Waals surface area contributed by atoms with E-state index in [0.29, 0.717) is 34.7 Å². The topological polar surface area (TPSA) is 235 Å². The lowest BCUT2D eigenvalue weighted by molar-refractivity contribution is -0.148. The van der Waals surface area contributed by atoms with E-state index in [1.807, 2.05) is 25.1 Å². The predicted octanol–water partition coefficient (Wildman–Crippen LogP) is 7.21. The lowest BCUT2D eigenvalue weighted by atomic mass is 9.95. The van der Waals surface area contributed by atoms with E-state index in [2.05, 4.69) is 27.2 Å². The van der Waals surface area contributed by atoms with E-state index in [1.165, 1.54) is 59.0 Å². The van der Waals surface area contributed by atoms with Crippen LogP contribution in [0.2, 0.25) is 0 Å². The maximum absolute atomic E-state index is 13.7. The second-order valence-electron chi connectivity index (χ2n) is 13.9. The number of esters is 1. The molecule has 0 saturated heterocycles. The van der Waals surface area contributed by atoms with E-state index in [-0.39, 0.29) is 48.7 Å². The molecule has 20 heteroatoms. The number of thiazole rings is 1. The zero-order valence-corrected chi connectivity index (χ0v) is 37.0. The number of ether oxygens (including phenoxy) is 1. The second kappa shape index (κ2) is 24.1. The molecule has 3 aromatic rings. The van der Waals surface area contributed by atoms with Crippen molar-refractivity contribution in [2.24, 2.45) is 5.92 Å². The van der Waals surface area contributed by atoms with Gasteiger partial charge >= 0.3 is 19.8 Å². The molecule has 0 aliphatic rings. The van der Waals surface area contributed by atoms with Gasteiger partial charge in [0, 0.05) is 56.6 Å². The Balaban J connectivity index is 1.80. The van der Waals surface area contributed by atoms with Crippen molar-refractivity contribution >= 4 is 76.1 Å². The van der Waals surface area contributed by atoms with Crippen LogP contribution in [0.1, 0.15) is 99.8 Å². The van der Waals surface area contributed by atoms with Gasteiger partial charge < -0.3 is 29.9 Å². The molecule has 0 fully saturated rings. The molecule has 16 nitrogen and oxygen atoms in total. The van der Waals surface area contributed by atoms with Gasteiger partial charge in [-0.2, -0.15) is 0 Å². The summed E-state index contributed by atoms with van der Waals surface area (Å²) in [6.45, 7) is 10.6. The average molecular weight is 894 g/mol. The first-order valence-corrected chi connectivity index (χ1v) is 23.5. The molecule has 2 aromatic heterocycles. The molecular formula is C39H52N5O11PS3. The number of phosphoric acid groups is 1. The highest BCUT2D eigenvalue weighted by Gasteiger charge is 2.30. The number of carboxylic acids is 1. The molecule has 2 heterocycles. The molecule has 322 valence electrons. The lowest BCUT2D eigenvalue weighted by Gasteiger charge is -2.31. The molecule has 59 heavy (non-hydrogen) atoms. The SMILES string of the molecule is C=C(C)[C@@H](C[C@@H](OC(C)=O)c1nc(C(=O)N[C@@H](Cc2ccc(OP(=O)(O)O)c(NC(=O)CCCSSc3ccccn3)c2)CC(C)C(=O)O)cs1)N(C)C(=O)CCCC. The summed E-state index contributed by atoms with van der Waals surface area (Å²) < 4.78 is 22.3. The van der Waals surface area contributed by atoms with Crippen LogP contribution >= 0.6 is 40.7 Å². The van der Waals surface area contributed by atoms with E-state index in [1.54, 1.807) is 25.1 Å². The molecule has 0 saturated carbocycles. The third kappa shape index (κ3) is 17.5. The van der Waals surface area contributed by atoms with Crippen LogP contribution in [0.4, 0.5) is 5.69 Å². The number of carbonyl (C=O) groups is 5. The summed E-state index contributed by atoms with van der Waals surface area (Å²) >= 11 is 1.09. The fourth-order valence-corrected chi connectivity index (χ4v) is 9.01. The van der Waals surface area contributed by atoms with Crippen molar-refractivity contribution in [3.63, 3.8) is 0 Å². The number of pyridine rings is 1. The van der Waals surface area contributed by atoms with E-state index in [9.17, 15) is 43.4 Å². The fourth-order valence-electron chi connectivity index (χ4n) is 5.79. The number of unbranched alkanes of at least 4 members (excludes halogenated alkanes) is 1. The summed E-state index contributed by atoms with van der Waals surface area (Å²) in [7, 11) is -0.352. The summed E-state index contributed by atoms with van der Waals surface area (Å²) in [5, 5.41) is 17.9. The second-order valence-corrected chi connectivity index (χ2v) is 18.4. The first-order valence-electron chi connectivity index (χ1n) is 18.8. The Morgan fingerprint density at radius 2 is 1.81 bits per heavy atom. The van der Waals surface area contributed by atoms with Crippen molar-refractivity contribution in [2.45, 2.75) is 102 Å². The van der Waals surface area contributed by atoms with Gasteiger partial charge in [-0.3, -0.25) is 33.8 Å². The van der Waals surface area contributed by atoms with Crippen LogP contribution in [0.3, 0.4) is 0 Å². The number of amides is 3. The van der Waals surface area contributed by atoms with Gasteiger partial charge in [0.25, 0.3) is 5.91 Å². The fraction of sp³-hybridized carbons (Fsp3) is 0.462. The number of aliphatic carboxylic acids is 1. The van der Waals surface area contributed by atoms with Gasteiger partial charge in [-0.15, -0.1) is 11.3 Å². The Morgan fingerprint density at radius 1 is 1.07 bits per heavy atom. The number of nitrogens with zero attached hydrogens (tertiary/aromatic N) is 3. The van der Waals surface area contributed by atoms with E-state index in [4.69, 9.17) is 9.26 Å². The molecule has 0 spiro atoms. The van der Waals surface area contributed by atoms with Crippen LogP contribution in [-0.2, 0) is 34.9 Å². The van der Waals surface area contributed by atoms with Gasteiger partial charge in [0.1, 0.15) is 15.7 Å². The van der Waals surface area contributed by atoms with Gasteiger partial charge in [0.15, 0.2) is 11.9 Å². The van der Waals surface area contributed by atoms with Gasteiger partial charge in [0.05, 0.1) is 17.6 Å². The van der Waals surface area contributed by atoms with E-state index < -0.39 is 55.7 Å². The van der Waals surface area contributed by atoms with Gasteiger partial charge in [-0.25, -0.2) is 14.5 Å². The Labute approximate surface area is 356 Å². The maximum Gasteiger partial charge on any atom is 0.524 e. The third-order valence-electron chi connectivity index (χ3n) is 8.78. The predicted molar refractivity (Wildman–Crippen MR) is 228 cm³/mol. The minimum atomic E-state index is -5.02. The number of nitrogens with one attached hydrogen (secondary N) is 2. The van der Waals surface area contributed by atoms with Crippen molar-refractivity contribution in [2.75, 3.05) is 18.1 Å². The smallest absolute Gasteiger partial charge is 0.481 e. The molecule has 0 radical (unpaired) electrons. The van der Waals surface area contributed by atoms with Crippen molar-refractivity contribution in [3.05, 3.63) is 76.4 Å². The normalized spacial score (nSPS) is 13.3. The Morgan fingerprint density at radius 3 is 2.44 bits per heavy atom. The van der Waals surface area contributed by atoms with Crippen LogP contribution < -0.4 is 15.2 Å². The number of phosphoric ester groups is 1. The summed E-state index contributed by atoms with van der Waals surface area (Å²) in [6, 6.07) is 8.51. The third-order valence-corrected chi connectivity index (χ3v) is 12.5. The van der Waals surface area contributed by atoms with Gasteiger partial charge in [-0.05, 0) is 73.2 Å². The zero-order valence-electron chi connectivity index (χ0n) is 33.6. The molecule has 1 aromatic carbocycles. The average Bonchev–Trinajstić information content (AvgIpc) is 3.66. The highest BCUT2D eigenvalue weighted by molar-refractivity contribution is 8.76. The molecular weight excluding hydrogens is 842 g/mol. The number of aromatic nitrogens is 2. The van der Waals surface area contributed by atoms with Gasteiger partial charge in [-0.1, -0.05) is 55.3 Å². The number of likely N-dealkylation sites (N-methyl/N-ethyl adjacent to an activating group) is 1. The molecule has 4 atom stereocenters. The number of hydrogen-bond acceptors (Lipinski definition) is 13. The number of carboxylic acid groups (broad SMARTS) is 1. The quantitative estimate of drug-likeness (QED) is 0.0186. The first-order chi connectivity index (χ1) is 27.9.